The van der Waals surface area contributed by atoms with Crippen molar-refractivity contribution in [3.05, 3.63) is 16.1 Å². The molecule has 0 fully saturated rings. The van der Waals surface area contributed by atoms with Gasteiger partial charge in [-0.2, -0.15) is 13.2 Å². The maximum atomic E-state index is 12.5. The molecule has 0 spiro atoms. The summed E-state index contributed by atoms with van der Waals surface area (Å²) >= 11 is 0. The van der Waals surface area contributed by atoms with Crippen LogP contribution >= 0.6 is 0 Å². The fourth-order valence-corrected chi connectivity index (χ4v) is 1.71. The van der Waals surface area contributed by atoms with E-state index in [1.807, 2.05) is 0 Å². The molecule has 0 saturated carbocycles. The maximum Gasteiger partial charge on any atom is 0.430 e. The number of alkyl halides is 3. The van der Waals surface area contributed by atoms with Crippen molar-refractivity contribution in [2.45, 2.75) is 31.5 Å². The first-order valence-electron chi connectivity index (χ1n) is 4.18. The van der Waals surface area contributed by atoms with Crippen molar-refractivity contribution >= 4 is 0 Å². The SMILES string of the molecule is O=c1o[nH][n+]2c1C(C(F)(F)F)CCC2. The van der Waals surface area contributed by atoms with E-state index in [1.54, 1.807) is 0 Å². The summed E-state index contributed by atoms with van der Waals surface area (Å²) in [4.78, 5) is 11.0. The number of H-pyrrole nitrogens is 1. The van der Waals surface area contributed by atoms with Crippen LogP contribution in [0.5, 0.6) is 0 Å². The van der Waals surface area contributed by atoms with E-state index in [4.69, 9.17) is 0 Å². The van der Waals surface area contributed by atoms with E-state index < -0.39 is 17.7 Å². The third kappa shape index (κ3) is 1.32. The molecule has 1 aromatic heterocycles. The van der Waals surface area contributed by atoms with Gasteiger partial charge in [-0.25, -0.2) is 4.79 Å². The largest absolute Gasteiger partial charge is 0.430 e. The molecule has 0 saturated heterocycles. The molecule has 0 aliphatic carbocycles. The lowest BCUT2D eigenvalue weighted by Gasteiger charge is -2.17. The zero-order valence-electron chi connectivity index (χ0n) is 7.10. The summed E-state index contributed by atoms with van der Waals surface area (Å²) in [6, 6.07) is 0. The van der Waals surface area contributed by atoms with Crippen LogP contribution in [0.1, 0.15) is 24.5 Å². The lowest BCUT2D eigenvalue weighted by atomic mass is 9.96. The predicted molar refractivity (Wildman–Crippen MR) is 37.6 cm³/mol. The molecule has 1 N–H and O–H groups in total. The van der Waals surface area contributed by atoms with Crippen molar-refractivity contribution < 1.29 is 22.4 Å². The van der Waals surface area contributed by atoms with Crippen LogP contribution in [0.4, 0.5) is 13.2 Å². The number of hydrogen-bond acceptors (Lipinski definition) is 2. The average molecular weight is 209 g/mol. The molecule has 7 heteroatoms. The molecule has 1 aliphatic heterocycles. The highest BCUT2D eigenvalue weighted by molar-refractivity contribution is 5.00. The molecule has 0 radical (unpaired) electrons. The van der Waals surface area contributed by atoms with Gasteiger partial charge in [0.15, 0.2) is 6.54 Å². The lowest BCUT2D eigenvalue weighted by Crippen LogP contribution is -2.48. The number of aromatic nitrogens is 2. The summed E-state index contributed by atoms with van der Waals surface area (Å²) in [7, 11) is 0. The van der Waals surface area contributed by atoms with Crippen LogP contribution in [-0.4, -0.2) is 11.4 Å². The number of rotatable bonds is 0. The second-order valence-corrected chi connectivity index (χ2v) is 3.25. The monoisotopic (exact) mass is 209 g/mol. The summed E-state index contributed by atoms with van der Waals surface area (Å²) in [5.41, 5.74) is -1.24. The minimum atomic E-state index is -4.38. The number of aryl methyl sites for hydroxylation is 1. The Bertz CT molecular complexity index is 392. The maximum absolute atomic E-state index is 12.5. The Balaban J connectivity index is 2.49. The van der Waals surface area contributed by atoms with Gasteiger partial charge in [-0.05, 0) is 11.7 Å². The van der Waals surface area contributed by atoms with E-state index in [2.05, 4.69) is 9.79 Å². The molecule has 14 heavy (non-hydrogen) atoms. The van der Waals surface area contributed by atoms with E-state index in [1.165, 1.54) is 0 Å². The number of nitrogens with zero attached hydrogens (tertiary/aromatic N) is 1. The highest BCUT2D eigenvalue weighted by Gasteiger charge is 2.50. The molecule has 2 heterocycles. The van der Waals surface area contributed by atoms with E-state index >= 15 is 0 Å². The Morgan fingerprint density at radius 3 is 2.86 bits per heavy atom. The second kappa shape index (κ2) is 2.86. The van der Waals surface area contributed by atoms with Crippen molar-refractivity contribution in [3.8, 4) is 0 Å². The third-order valence-corrected chi connectivity index (χ3v) is 2.35. The van der Waals surface area contributed by atoms with Gasteiger partial charge in [0.2, 0.25) is 0 Å². The predicted octanol–water partition coefficient (Wildman–Crippen LogP) is 0.695. The Morgan fingerprint density at radius 1 is 1.50 bits per heavy atom. The summed E-state index contributed by atoms with van der Waals surface area (Å²) in [6.45, 7) is 0.369. The van der Waals surface area contributed by atoms with Crippen LogP contribution in [0.25, 0.3) is 0 Å². The zero-order valence-corrected chi connectivity index (χ0v) is 7.10. The van der Waals surface area contributed by atoms with Gasteiger partial charge in [0, 0.05) is 6.42 Å². The minimum absolute atomic E-state index is 0.0495. The van der Waals surface area contributed by atoms with Crippen molar-refractivity contribution in [3.63, 3.8) is 0 Å². The number of fused-ring (bicyclic) bond motifs is 1. The number of hydrogen-bond donors (Lipinski definition) is 1. The molecule has 78 valence electrons. The van der Waals surface area contributed by atoms with Gasteiger partial charge in [-0.3, -0.25) is 4.52 Å². The van der Waals surface area contributed by atoms with Crippen LogP contribution in [0, 0.1) is 0 Å². The molecule has 2 rings (SSSR count). The second-order valence-electron chi connectivity index (χ2n) is 3.25. The molecule has 0 amide bonds. The van der Waals surface area contributed by atoms with Gasteiger partial charge in [0.25, 0.3) is 0 Å². The van der Waals surface area contributed by atoms with Gasteiger partial charge >= 0.3 is 17.5 Å². The summed E-state index contributed by atoms with van der Waals surface area (Å²) < 4.78 is 42.9. The van der Waals surface area contributed by atoms with E-state index in [0.29, 0.717) is 13.0 Å². The van der Waals surface area contributed by atoms with Crippen LogP contribution in [0.15, 0.2) is 9.32 Å². The first-order valence-corrected chi connectivity index (χ1v) is 4.18. The van der Waals surface area contributed by atoms with E-state index in [0.717, 1.165) is 4.68 Å². The first kappa shape index (κ1) is 9.29. The van der Waals surface area contributed by atoms with Gasteiger partial charge in [-0.1, -0.05) is 4.68 Å². The smallest absolute Gasteiger partial charge is 0.283 e. The fourth-order valence-electron chi connectivity index (χ4n) is 1.71. The molecule has 1 aromatic rings. The molecule has 1 unspecified atom stereocenters. The van der Waals surface area contributed by atoms with Crippen LogP contribution in [0.2, 0.25) is 0 Å². The van der Waals surface area contributed by atoms with Gasteiger partial charge in [0.1, 0.15) is 5.92 Å². The van der Waals surface area contributed by atoms with Crippen molar-refractivity contribution in [1.29, 1.82) is 0 Å². The topological polar surface area (TPSA) is 49.9 Å². The van der Waals surface area contributed by atoms with E-state index in [-0.39, 0.29) is 12.1 Å². The highest BCUT2D eigenvalue weighted by Crippen LogP contribution is 2.36. The Labute approximate surface area is 76.3 Å². The fraction of sp³-hybridized carbons (Fsp3) is 0.714. The number of aromatic amines is 1. The third-order valence-electron chi connectivity index (χ3n) is 2.35. The normalized spacial score (nSPS) is 22.1. The van der Waals surface area contributed by atoms with Crippen molar-refractivity contribution in [2.75, 3.05) is 0 Å². The summed E-state index contributed by atoms with van der Waals surface area (Å²) in [6.07, 6.45) is -4.04. The van der Waals surface area contributed by atoms with Crippen LogP contribution in [-0.2, 0) is 6.54 Å². The molecule has 1 atom stereocenters. The first-order chi connectivity index (χ1) is 6.50. The molecular formula is C7H8F3N2O2+. The average Bonchev–Trinajstić information content (AvgIpc) is 2.46. The highest BCUT2D eigenvalue weighted by atomic mass is 19.4. The van der Waals surface area contributed by atoms with Gasteiger partial charge in [0.05, 0.1) is 0 Å². The zero-order chi connectivity index (χ0) is 10.3. The Hall–Kier alpha value is -1.27. The van der Waals surface area contributed by atoms with Crippen molar-refractivity contribution in [1.82, 2.24) is 5.27 Å². The summed E-state index contributed by atoms with van der Waals surface area (Å²) in [5.74, 6) is -1.70. The number of nitrogens with one attached hydrogen (secondary N) is 1. The van der Waals surface area contributed by atoms with Crippen LogP contribution in [0.3, 0.4) is 0 Å². The molecule has 4 nitrogen and oxygen atoms in total. The molecular weight excluding hydrogens is 201 g/mol. The Morgan fingerprint density at radius 2 is 2.21 bits per heavy atom. The Kier molecular flexibility index (Phi) is 1.90. The van der Waals surface area contributed by atoms with Crippen molar-refractivity contribution in [2.24, 2.45) is 0 Å². The molecule has 1 aliphatic rings. The lowest BCUT2D eigenvalue weighted by molar-refractivity contribution is -0.775. The van der Waals surface area contributed by atoms with Gasteiger partial charge in [-0.15, -0.1) is 0 Å². The standard InChI is InChI=1S/C7H7F3N2O2/c8-7(9,10)4-2-1-3-12-5(4)6(13)14-11-12/h4H,1-3H2/p+1. The minimum Gasteiger partial charge on any atom is -0.283 e. The summed E-state index contributed by atoms with van der Waals surface area (Å²) in [5, 5.41) is 2.16. The quantitative estimate of drug-likeness (QED) is 0.639. The van der Waals surface area contributed by atoms with Crippen LogP contribution < -0.4 is 10.3 Å². The van der Waals surface area contributed by atoms with E-state index in [9.17, 15) is 18.0 Å². The molecule has 0 aromatic carbocycles. The molecule has 0 bridgehead atoms. The van der Waals surface area contributed by atoms with Gasteiger partial charge < -0.3 is 0 Å². The number of halogens is 3.